The van der Waals surface area contributed by atoms with Gasteiger partial charge >= 0.3 is 0 Å². The van der Waals surface area contributed by atoms with Crippen molar-refractivity contribution in [3.63, 3.8) is 0 Å². The molecule has 0 bridgehead atoms. The maximum Gasteiger partial charge on any atom is 0.149 e. The van der Waals surface area contributed by atoms with Crippen LogP contribution in [0, 0.1) is 0 Å². The molecule has 2 unspecified atom stereocenters. The Labute approximate surface area is 99.8 Å². The van der Waals surface area contributed by atoms with Crippen molar-refractivity contribution in [3.05, 3.63) is 30.5 Å². The van der Waals surface area contributed by atoms with Crippen LogP contribution in [0.3, 0.4) is 0 Å². The Kier molecular flexibility index (Phi) is 2.65. The number of rotatable bonds is 2. The van der Waals surface area contributed by atoms with Crippen LogP contribution in [0.4, 0.5) is 0 Å². The van der Waals surface area contributed by atoms with Gasteiger partial charge in [-0.25, -0.2) is 0 Å². The van der Waals surface area contributed by atoms with E-state index in [-0.39, 0.29) is 12.1 Å². The lowest BCUT2D eigenvalue weighted by molar-refractivity contribution is 0.193. The van der Waals surface area contributed by atoms with Crippen molar-refractivity contribution in [3.8, 4) is 5.75 Å². The molecule has 0 spiro atoms. The lowest BCUT2D eigenvalue weighted by Gasteiger charge is -2.18. The molecule has 0 amide bonds. The zero-order chi connectivity index (χ0) is 11.7. The number of ether oxygens (including phenoxy) is 1. The van der Waals surface area contributed by atoms with Crippen LogP contribution in [0.5, 0.6) is 5.75 Å². The van der Waals surface area contributed by atoms with E-state index in [1.807, 2.05) is 24.3 Å². The second kappa shape index (κ2) is 4.30. The third-order valence-corrected chi connectivity index (χ3v) is 3.29. The smallest absolute Gasteiger partial charge is 0.149 e. The normalized spacial score (nSPS) is 24.1. The second-order valence-electron chi connectivity index (χ2n) is 4.48. The molecule has 1 fully saturated rings. The number of aromatic nitrogens is 2. The molecule has 3 rings (SSSR count). The summed E-state index contributed by atoms with van der Waals surface area (Å²) in [5.74, 6) is 0.790. The fourth-order valence-corrected chi connectivity index (χ4v) is 2.34. The third-order valence-electron chi connectivity index (χ3n) is 3.29. The van der Waals surface area contributed by atoms with Crippen LogP contribution in [0.1, 0.15) is 19.3 Å². The minimum atomic E-state index is 0.114. The van der Waals surface area contributed by atoms with E-state index < -0.39 is 0 Å². The predicted molar refractivity (Wildman–Crippen MR) is 65.8 cm³/mol. The largest absolute Gasteiger partial charge is 0.486 e. The van der Waals surface area contributed by atoms with Crippen molar-refractivity contribution in [2.75, 3.05) is 0 Å². The molecular formula is C13H15N3O. The number of fused-ring (bicyclic) bond motifs is 1. The molecule has 1 aromatic carbocycles. The van der Waals surface area contributed by atoms with Gasteiger partial charge < -0.3 is 10.5 Å². The van der Waals surface area contributed by atoms with Crippen LogP contribution >= 0.6 is 0 Å². The summed E-state index contributed by atoms with van der Waals surface area (Å²) in [6.07, 6.45) is 5.00. The molecule has 2 atom stereocenters. The van der Waals surface area contributed by atoms with Gasteiger partial charge in [0.2, 0.25) is 0 Å². The van der Waals surface area contributed by atoms with E-state index in [1.165, 1.54) is 0 Å². The lowest BCUT2D eigenvalue weighted by atomic mass is 10.2. The van der Waals surface area contributed by atoms with Crippen LogP contribution in [0.15, 0.2) is 30.5 Å². The van der Waals surface area contributed by atoms with E-state index in [0.717, 1.165) is 35.9 Å². The Morgan fingerprint density at radius 1 is 1.24 bits per heavy atom. The maximum absolute atomic E-state index is 6.01. The van der Waals surface area contributed by atoms with Gasteiger partial charge in [0.1, 0.15) is 11.9 Å². The highest BCUT2D eigenvalue weighted by Crippen LogP contribution is 2.27. The predicted octanol–water partition coefficient (Wildman–Crippen LogP) is 1.89. The van der Waals surface area contributed by atoms with E-state index in [0.29, 0.717) is 0 Å². The molecule has 0 aliphatic heterocycles. The summed E-state index contributed by atoms with van der Waals surface area (Å²) in [5, 5.41) is 9.04. The standard InChI is InChI=1S/C13H15N3O/c14-10-5-3-7-12(10)17-13-8-15-16-11-6-2-1-4-9(11)13/h1-2,4,6,8,10,12H,3,5,7,14H2. The molecule has 1 aliphatic carbocycles. The van der Waals surface area contributed by atoms with E-state index >= 15 is 0 Å². The molecule has 4 heteroatoms. The van der Waals surface area contributed by atoms with Gasteiger partial charge in [0.15, 0.2) is 0 Å². The highest BCUT2D eigenvalue weighted by Gasteiger charge is 2.26. The maximum atomic E-state index is 6.01. The van der Waals surface area contributed by atoms with Crippen LogP contribution < -0.4 is 10.5 Å². The van der Waals surface area contributed by atoms with Crippen molar-refractivity contribution in [2.24, 2.45) is 5.73 Å². The first kappa shape index (κ1) is 10.5. The number of hydrogen-bond donors (Lipinski definition) is 1. The second-order valence-corrected chi connectivity index (χ2v) is 4.48. The lowest BCUT2D eigenvalue weighted by Crippen LogP contribution is -2.33. The minimum Gasteiger partial charge on any atom is -0.486 e. The van der Waals surface area contributed by atoms with Crippen molar-refractivity contribution >= 4 is 10.9 Å². The van der Waals surface area contributed by atoms with Crippen molar-refractivity contribution in [1.82, 2.24) is 10.2 Å². The van der Waals surface area contributed by atoms with Gasteiger partial charge in [-0.1, -0.05) is 12.1 Å². The van der Waals surface area contributed by atoms with Gasteiger partial charge in [-0.2, -0.15) is 10.2 Å². The molecule has 0 radical (unpaired) electrons. The first-order valence-corrected chi connectivity index (χ1v) is 5.97. The molecular weight excluding hydrogens is 214 g/mol. The Hall–Kier alpha value is -1.68. The van der Waals surface area contributed by atoms with Gasteiger partial charge in [-0.05, 0) is 31.4 Å². The number of nitrogens with two attached hydrogens (primary N) is 1. The summed E-state index contributed by atoms with van der Waals surface area (Å²) < 4.78 is 5.97. The number of benzene rings is 1. The fraction of sp³-hybridized carbons (Fsp3) is 0.385. The first-order valence-electron chi connectivity index (χ1n) is 5.97. The summed E-state index contributed by atoms with van der Waals surface area (Å²) in [5.41, 5.74) is 6.87. The molecule has 1 aliphatic rings. The Balaban J connectivity index is 1.94. The Bertz CT molecular complexity index is 524. The summed E-state index contributed by atoms with van der Waals surface area (Å²) >= 11 is 0. The quantitative estimate of drug-likeness (QED) is 0.854. The van der Waals surface area contributed by atoms with Crippen LogP contribution in [-0.4, -0.2) is 22.3 Å². The fourth-order valence-electron chi connectivity index (χ4n) is 2.34. The summed E-state index contributed by atoms with van der Waals surface area (Å²) in [7, 11) is 0. The SMILES string of the molecule is NC1CCCC1Oc1cnnc2ccccc12. The zero-order valence-corrected chi connectivity index (χ0v) is 9.54. The van der Waals surface area contributed by atoms with E-state index in [2.05, 4.69) is 10.2 Å². The van der Waals surface area contributed by atoms with Crippen molar-refractivity contribution in [1.29, 1.82) is 0 Å². The van der Waals surface area contributed by atoms with E-state index in [9.17, 15) is 0 Å². The summed E-state index contributed by atoms with van der Waals surface area (Å²) in [6.45, 7) is 0. The van der Waals surface area contributed by atoms with E-state index in [1.54, 1.807) is 6.20 Å². The summed E-state index contributed by atoms with van der Waals surface area (Å²) in [6, 6.07) is 8.00. The van der Waals surface area contributed by atoms with Gasteiger partial charge in [0, 0.05) is 11.4 Å². The highest BCUT2D eigenvalue weighted by molar-refractivity contribution is 5.83. The van der Waals surface area contributed by atoms with Crippen LogP contribution in [0.2, 0.25) is 0 Å². The average Bonchev–Trinajstić information content (AvgIpc) is 2.76. The van der Waals surface area contributed by atoms with Gasteiger partial charge in [-0.3, -0.25) is 0 Å². The molecule has 17 heavy (non-hydrogen) atoms. The van der Waals surface area contributed by atoms with Gasteiger partial charge in [0.25, 0.3) is 0 Å². The molecule has 2 aromatic rings. The molecule has 0 saturated heterocycles. The molecule has 2 N–H and O–H groups in total. The van der Waals surface area contributed by atoms with Crippen molar-refractivity contribution < 1.29 is 4.74 Å². The van der Waals surface area contributed by atoms with Crippen LogP contribution in [-0.2, 0) is 0 Å². The third kappa shape index (κ3) is 1.96. The van der Waals surface area contributed by atoms with Crippen molar-refractivity contribution in [2.45, 2.75) is 31.4 Å². The number of hydrogen-bond acceptors (Lipinski definition) is 4. The molecule has 1 aromatic heterocycles. The molecule has 88 valence electrons. The highest BCUT2D eigenvalue weighted by atomic mass is 16.5. The van der Waals surface area contributed by atoms with Gasteiger partial charge in [-0.15, -0.1) is 0 Å². The van der Waals surface area contributed by atoms with Gasteiger partial charge in [0.05, 0.1) is 11.7 Å². The topological polar surface area (TPSA) is 61.0 Å². The summed E-state index contributed by atoms with van der Waals surface area (Å²) in [4.78, 5) is 0. The molecule has 1 saturated carbocycles. The average molecular weight is 229 g/mol. The Morgan fingerprint density at radius 2 is 2.12 bits per heavy atom. The zero-order valence-electron chi connectivity index (χ0n) is 9.54. The molecule has 1 heterocycles. The minimum absolute atomic E-state index is 0.114. The Morgan fingerprint density at radius 3 is 2.94 bits per heavy atom. The van der Waals surface area contributed by atoms with E-state index in [4.69, 9.17) is 10.5 Å². The first-order chi connectivity index (χ1) is 8.34. The van der Waals surface area contributed by atoms with Crippen LogP contribution in [0.25, 0.3) is 10.9 Å². The molecule has 4 nitrogen and oxygen atoms in total. The monoisotopic (exact) mass is 229 g/mol. The number of nitrogens with zero attached hydrogens (tertiary/aromatic N) is 2.